The monoisotopic (exact) mass is 336 g/mol. The van der Waals surface area contributed by atoms with E-state index in [0.29, 0.717) is 5.92 Å². The Morgan fingerprint density at radius 2 is 1.92 bits per heavy atom. The molecule has 0 amide bonds. The number of nitrogens with one attached hydrogen (secondary N) is 1. The summed E-state index contributed by atoms with van der Waals surface area (Å²) in [6, 6.07) is 0. The summed E-state index contributed by atoms with van der Waals surface area (Å²) in [6.07, 6.45) is 8.56. The van der Waals surface area contributed by atoms with Gasteiger partial charge in [0, 0.05) is 38.6 Å². The molecule has 5 nitrogen and oxygen atoms in total. The Morgan fingerprint density at radius 3 is 2.62 bits per heavy atom. The van der Waals surface area contributed by atoms with Crippen LogP contribution < -0.4 is 5.32 Å². The number of rotatable bonds is 5. The Labute approximate surface area is 147 Å². The predicted octanol–water partition coefficient (Wildman–Crippen LogP) is 1.92. The number of hydrogen-bond donors (Lipinski definition) is 2. The number of nitrogens with zero attached hydrogens (tertiary/aromatic N) is 3. The zero-order valence-corrected chi connectivity index (χ0v) is 15.4. The molecule has 1 aliphatic carbocycles. The van der Waals surface area contributed by atoms with E-state index in [9.17, 15) is 5.11 Å². The molecule has 3 fully saturated rings. The molecule has 3 rings (SSSR count). The van der Waals surface area contributed by atoms with Crippen LogP contribution in [-0.2, 0) is 0 Å². The number of hydrogen-bond acceptors (Lipinski definition) is 3. The van der Waals surface area contributed by atoms with Gasteiger partial charge in [-0.15, -0.1) is 0 Å². The highest BCUT2D eigenvalue weighted by molar-refractivity contribution is 5.80. The Balaban J connectivity index is 1.50. The molecule has 2 heterocycles. The second-order valence-electron chi connectivity index (χ2n) is 7.91. The van der Waals surface area contributed by atoms with E-state index in [4.69, 9.17) is 4.99 Å². The van der Waals surface area contributed by atoms with Crippen LogP contribution in [0.15, 0.2) is 4.99 Å². The lowest BCUT2D eigenvalue weighted by Gasteiger charge is -2.29. The third-order valence-corrected chi connectivity index (χ3v) is 5.98. The molecule has 0 aromatic carbocycles. The minimum absolute atomic E-state index is 0.137. The summed E-state index contributed by atoms with van der Waals surface area (Å²) in [5.74, 6) is 2.21. The van der Waals surface area contributed by atoms with Crippen molar-refractivity contribution in [3.63, 3.8) is 0 Å². The van der Waals surface area contributed by atoms with E-state index in [1.165, 1.54) is 45.3 Å². The molecular weight excluding hydrogens is 300 g/mol. The zero-order chi connectivity index (χ0) is 16.8. The molecule has 3 unspecified atom stereocenters. The Bertz CT molecular complexity index is 408. The van der Waals surface area contributed by atoms with Crippen molar-refractivity contribution in [2.75, 3.05) is 45.8 Å². The van der Waals surface area contributed by atoms with Crippen molar-refractivity contribution in [3.8, 4) is 0 Å². The second-order valence-corrected chi connectivity index (χ2v) is 7.91. The zero-order valence-electron chi connectivity index (χ0n) is 15.4. The Morgan fingerprint density at radius 1 is 1.08 bits per heavy atom. The highest BCUT2D eigenvalue weighted by Crippen LogP contribution is 2.26. The lowest BCUT2D eigenvalue weighted by atomic mass is 10.1. The van der Waals surface area contributed by atoms with Crippen LogP contribution in [0.3, 0.4) is 0 Å². The molecule has 2 aliphatic heterocycles. The van der Waals surface area contributed by atoms with Crippen LogP contribution in [0.5, 0.6) is 0 Å². The van der Waals surface area contributed by atoms with Gasteiger partial charge in [0.15, 0.2) is 5.96 Å². The SMILES string of the molecule is CCNC(=NCC1CCCC1O)N1CCC(CN2CCCCC2)C1. The van der Waals surface area contributed by atoms with E-state index < -0.39 is 0 Å². The van der Waals surface area contributed by atoms with Crippen LogP contribution in [-0.4, -0.2) is 72.8 Å². The minimum atomic E-state index is -0.137. The van der Waals surface area contributed by atoms with E-state index >= 15 is 0 Å². The van der Waals surface area contributed by atoms with Crippen LogP contribution in [0.2, 0.25) is 0 Å². The quantitative estimate of drug-likeness (QED) is 0.595. The summed E-state index contributed by atoms with van der Waals surface area (Å²) in [6.45, 7) is 9.94. The molecule has 2 N–H and O–H groups in total. The van der Waals surface area contributed by atoms with Gasteiger partial charge in [0.05, 0.1) is 6.10 Å². The van der Waals surface area contributed by atoms with Crippen LogP contribution in [0.1, 0.15) is 51.9 Å². The largest absolute Gasteiger partial charge is 0.393 e. The van der Waals surface area contributed by atoms with Crippen molar-refractivity contribution in [2.24, 2.45) is 16.8 Å². The van der Waals surface area contributed by atoms with Crippen molar-refractivity contribution in [3.05, 3.63) is 0 Å². The standard InChI is InChI=1S/C19H36N4O/c1-2-20-19(21-13-17-7-6-8-18(17)24)23-12-9-16(15-23)14-22-10-4-3-5-11-22/h16-18,24H,2-15H2,1H3,(H,20,21). The van der Waals surface area contributed by atoms with Crippen molar-refractivity contribution >= 4 is 5.96 Å². The molecule has 0 radical (unpaired) electrons. The fourth-order valence-electron chi connectivity index (χ4n) is 4.54. The fraction of sp³-hybridized carbons (Fsp3) is 0.947. The maximum absolute atomic E-state index is 10.0. The average Bonchev–Trinajstić information content (AvgIpc) is 3.22. The molecule has 0 aromatic heterocycles. The van der Waals surface area contributed by atoms with E-state index in [0.717, 1.165) is 57.3 Å². The lowest BCUT2D eigenvalue weighted by molar-refractivity contribution is 0.136. The van der Waals surface area contributed by atoms with Crippen molar-refractivity contribution in [2.45, 2.75) is 58.0 Å². The molecule has 138 valence electrons. The summed E-state index contributed by atoms with van der Waals surface area (Å²) >= 11 is 0. The van der Waals surface area contributed by atoms with E-state index in [-0.39, 0.29) is 6.10 Å². The summed E-state index contributed by atoms with van der Waals surface area (Å²) in [4.78, 5) is 9.97. The van der Waals surface area contributed by atoms with Crippen molar-refractivity contribution < 1.29 is 5.11 Å². The number of aliphatic hydroxyl groups excluding tert-OH is 1. The molecule has 24 heavy (non-hydrogen) atoms. The first-order chi connectivity index (χ1) is 11.8. The Hall–Kier alpha value is -0.810. The highest BCUT2D eigenvalue weighted by Gasteiger charge is 2.28. The van der Waals surface area contributed by atoms with Gasteiger partial charge in [0.2, 0.25) is 0 Å². The Kier molecular flexibility index (Phi) is 6.78. The van der Waals surface area contributed by atoms with Gasteiger partial charge in [-0.3, -0.25) is 4.99 Å². The molecule has 5 heteroatoms. The van der Waals surface area contributed by atoms with Gasteiger partial charge in [-0.25, -0.2) is 0 Å². The van der Waals surface area contributed by atoms with Gasteiger partial charge in [-0.2, -0.15) is 0 Å². The maximum atomic E-state index is 10.0. The van der Waals surface area contributed by atoms with Crippen molar-refractivity contribution in [1.29, 1.82) is 0 Å². The average molecular weight is 337 g/mol. The number of aliphatic hydroxyl groups is 1. The van der Waals surface area contributed by atoms with Gasteiger partial charge >= 0.3 is 0 Å². The van der Waals surface area contributed by atoms with E-state index in [2.05, 4.69) is 22.0 Å². The summed E-state index contributed by atoms with van der Waals surface area (Å²) < 4.78 is 0. The molecule has 0 bridgehead atoms. The van der Waals surface area contributed by atoms with Gasteiger partial charge in [0.25, 0.3) is 0 Å². The number of guanidine groups is 1. The summed E-state index contributed by atoms with van der Waals surface area (Å²) in [5.41, 5.74) is 0. The summed E-state index contributed by atoms with van der Waals surface area (Å²) in [5, 5.41) is 13.5. The van der Waals surface area contributed by atoms with Crippen LogP contribution in [0, 0.1) is 11.8 Å². The van der Waals surface area contributed by atoms with Crippen molar-refractivity contribution in [1.82, 2.24) is 15.1 Å². The molecule has 3 atom stereocenters. The van der Waals surface area contributed by atoms with Gasteiger partial charge in [-0.05, 0) is 58.0 Å². The fourth-order valence-corrected chi connectivity index (χ4v) is 4.54. The first-order valence-corrected chi connectivity index (χ1v) is 10.2. The maximum Gasteiger partial charge on any atom is 0.193 e. The highest BCUT2D eigenvalue weighted by atomic mass is 16.3. The smallest absolute Gasteiger partial charge is 0.193 e. The van der Waals surface area contributed by atoms with Gasteiger partial charge in [-0.1, -0.05) is 12.8 Å². The second kappa shape index (κ2) is 9.04. The molecular formula is C19H36N4O. The first-order valence-electron chi connectivity index (χ1n) is 10.2. The summed E-state index contributed by atoms with van der Waals surface area (Å²) in [7, 11) is 0. The third-order valence-electron chi connectivity index (χ3n) is 5.98. The number of piperidine rings is 1. The number of aliphatic imine (C=N–C) groups is 1. The molecule has 0 spiro atoms. The number of likely N-dealkylation sites (tertiary alicyclic amines) is 2. The van der Waals surface area contributed by atoms with Crippen LogP contribution >= 0.6 is 0 Å². The molecule has 1 saturated carbocycles. The predicted molar refractivity (Wildman–Crippen MR) is 99.3 cm³/mol. The topological polar surface area (TPSA) is 51.1 Å². The van der Waals surface area contributed by atoms with Crippen LogP contribution in [0.25, 0.3) is 0 Å². The normalized spacial score (nSPS) is 32.5. The van der Waals surface area contributed by atoms with E-state index in [1.54, 1.807) is 0 Å². The van der Waals surface area contributed by atoms with Crippen LogP contribution in [0.4, 0.5) is 0 Å². The minimum Gasteiger partial charge on any atom is -0.393 e. The van der Waals surface area contributed by atoms with Gasteiger partial charge in [0.1, 0.15) is 0 Å². The molecule has 3 aliphatic rings. The third kappa shape index (κ3) is 4.85. The first kappa shape index (κ1) is 18.0. The van der Waals surface area contributed by atoms with E-state index in [1.807, 2.05) is 0 Å². The molecule has 0 aromatic rings. The van der Waals surface area contributed by atoms with Gasteiger partial charge < -0.3 is 20.2 Å². The lowest BCUT2D eigenvalue weighted by Crippen LogP contribution is -2.41. The molecule has 2 saturated heterocycles.